The lowest BCUT2D eigenvalue weighted by Gasteiger charge is -2.07. The number of nitrogens with one attached hydrogen (secondary N) is 1. The predicted molar refractivity (Wildman–Crippen MR) is 89.7 cm³/mol. The predicted octanol–water partition coefficient (Wildman–Crippen LogP) is 3.51. The van der Waals surface area contributed by atoms with E-state index in [-0.39, 0.29) is 24.3 Å². The molecule has 3 rings (SSSR count). The molecular weight excluding hydrogens is 325 g/mol. The highest BCUT2D eigenvalue weighted by Crippen LogP contribution is 2.19. The Labute approximate surface area is 143 Å². The fourth-order valence-electron chi connectivity index (χ4n) is 2.10. The number of carbonyl (C=O) groups is 1. The molecule has 0 saturated carbocycles. The third kappa shape index (κ3) is 4.20. The summed E-state index contributed by atoms with van der Waals surface area (Å²) in [7, 11) is 0. The van der Waals surface area contributed by atoms with Crippen molar-refractivity contribution in [2.45, 2.75) is 13.8 Å². The summed E-state index contributed by atoms with van der Waals surface area (Å²) in [6.45, 7) is 3.79. The Balaban J connectivity index is 1.58. The highest BCUT2D eigenvalue weighted by atomic mass is 19.1. The van der Waals surface area contributed by atoms with Crippen LogP contribution in [0.4, 0.5) is 10.3 Å². The molecule has 1 heterocycles. The third-order valence-electron chi connectivity index (χ3n) is 3.62. The van der Waals surface area contributed by atoms with E-state index in [2.05, 4.69) is 15.5 Å². The van der Waals surface area contributed by atoms with Gasteiger partial charge in [0.15, 0.2) is 6.61 Å². The third-order valence-corrected chi connectivity index (χ3v) is 3.62. The quantitative estimate of drug-likeness (QED) is 0.768. The van der Waals surface area contributed by atoms with Crippen LogP contribution in [0.2, 0.25) is 0 Å². The minimum absolute atomic E-state index is 0.0213. The van der Waals surface area contributed by atoms with E-state index < -0.39 is 5.91 Å². The molecule has 7 heteroatoms. The highest BCUT2D eigenvalue weighted by Gasteiger charge is 2.12. The van der Waals surface area contributed by atoms with Gasteiger partial charge in [0.05, 0.1) is 0 Å². The molecule has 6 nitrogen and oxygen atoms in total. The van der Waals surface area contributed by atoms with Gasteiger partial charge in [0.1, 0.15) is 11.6 Å². The second-order valence-electron chi connectivity index (χ2n) is 5.51. The van der Waals surface area contributed by atoms with E-state index in [0.717, 1.165) is 11.1 Å². The summed E-state index contributed by atoms with van der Waals surface area (Å²) < 4.78 is 23.4. The lowest BCUT2D eigenvalue weighted by Crippen LogP contribution is -2.20. The van der Waals surface area contributed by atoms with E-state index in [4.69, 9.17) is 9.26 Å². The van der Waals surface area contributed by atoms with Crippen molar-refractivity contribution in [2.24, 2.45) is 0 Å². The number of hydrogen-bond donors (Lipinski definition) is 1. The number of carbonyl (C=O) groups excluding carboxylic acids is 1. The molecule has 0 saturated heterocycles. The number of halogens is 1. The molecule has 128 valence electrons. The lowest BCUT2D eigenvalue weighted by atomic mass is 10.1. The number of nitrogens with zero attached hydrogens (tertiary/aromatic N) is 2. The van der Waals surface area contributed by atoms with Crippen LogP contribution in [-0.4, -0.2) is 22.7 Å². The van der Waals surface area contributed by atoms with Gasteiger partial charge in [-0.05, 0) is 66.5 Å². The topological polar surface area (TPSA) is 77.2 Å². The molecule has 1 amide bonds. The maximum absolute atomic E-state index is 12.9. The Morgan fingerprint density at radius 1 is 1.16 bits per heavy atom. The normalized spacial score (nSPS) is 10.5. The van der Waals surface area contributed by atoms with E-state index in [1.165, 1.54) is 24.3 Å². The first kappa shape index (κ1) is 16.6. The van der Waals surface area contributed by atoms with Crippen molar-refractivity contribution in [1.82, 2.24) is 10.1 Å². The summed E-state index contributed by atoms with van der Waals surface area (Å²) in [4.78, 5) is 16.0. The van der Waals surface area contributed by atoms with Crippen LogP contribution in [-0.2, 0) is 4.79 Å². The Bertz CT molecular complexity index is 891. The van der Waals surface area contributed by atoms with Gasteiger partial charge in [0.2, 0.25) is 0 Å². The average Bonchev–Trinajstić information content (AvgIpc) is 3.05. The minimum Gasteiger partial charge on any atom is -0.484 e. The first-order valence-electron chi connectivity index (χ1n) is 7.61. The summed E-state index contributed by atoms with van der Waals surface area (Å²) >= 11 is 0. The van der Waals surface area contributed by atoms with Gasteiger partial charge in [-0.1, -0.05) is 6.07 Å². The molecule has 3 aromatic rings. The number of amides is 1. The number of aryl methyl sites for hydroxylation is 2. The first-order valence-corrected chi connectivity index (χ1v) is 7.61. The second kappa shape index (κ2) is 7.12. The van der Waals surface area contributed by atoms with Gasteiger partial charge in [-0.25, -0.2) is 4.39 Å². The van der Waals surface area contributed by atoms with E-state index in [1.54, 1.807) is 6.07 Å². The summed E-state index contributed by atoms with van der Waals surface area (Å²) in [5.74, 6) is 0.0433. The maximum atomic E-state index is 12.9. The van der Waals surface area contributed by atoms with E-state index in [9.17, 15) is 9.18 Å². The van der Waals surface area contributed by atoms with Crippen LogP contribution in [0.5, 0.6) is 5.75 Å². The molecule has 0 aliphatic carbocycles. The summed E-state index contributed by atoms with van der Waals surface area (Å²) in [6, 6.07) is 11.2. The van der Waals surface area contributed by atoms with Gasteiger partial charge in [-0.15, -0.1) is 0 Å². The van der Waals surface area contributed by atoms with Crippen LogP contribution < -0.4 is 10.1 Å². The number of ether oxygens (including phenoxy) is 1. The molecule has 2 aromatic carbocycles. The Morgan fingerprint density at radius 3 is 2.64 bits per heavy atom. The lowest BCUT2D eigenvalue weighted by molar-refractivity contribution is -0.118. The number of aromatic nitrogens is 2. The van der Waals surface area contributed by atoms with E-state index in [0.29, 0.717) is 11.3 Å². The van der Waals surface area contributed by atoms with E-state index in [1.807, 2.05) is 26.0 Å². The summed E-state index contributed by atoms with van der Waals surface area (Å²) in [6.07, 6.45) is 0. The molecule has 0 atom stereocenters. The summed E-state index contributed by atoms with van der Waals surface area (Å²) in [5.41, 5.74) is 2.79. The van der Waals surface area contributed by atoms with Crippen LogP contribution in [0.1, 0.15) is 11.1 Å². The molecular formula is C18H16FN3O3. The maximum Gasteiger partial charge on any atom is 0.270 e. The second-order valence-corrected chi connectivity index (χ2v) is 5.51. The van der Waals surface area contributed by atoms with Crippen LogP contribution in [0, 0.1) is 19.7 Å². The zero-order valence-corrected chi connectivity index (χ0v) is 13.7. The number of anilines is 1. The highest BCUT2D eigenvalue weighted by molar-refractivity contribution is 5.90. The number of hydrogen-bond acceptors (Lipinski definition) is 5. The van der Waals surface area contributed by atoms with Gasteiger partial charge >= 0.3 is 0 Å². The standard InChI is InChI=1S/C18H16FN3O3/c1-11-3-8-15(9-12(11)2)24-10-16(23)20-18-21-17(25-22-18)13-4-6-14(19)7-5-13/h3-9H,10H2,1-2H3,(H,20,22,23). The molecule has 0 aliphatic rings. The zero-order valence-electron chi connectivity index (χ0n) is 13.7. The van der Waals surface area contributed by atoms with Crippen LogP contribution in [0.25, 0.3) is 11.5 Å². The van der Waals surface area contributed by atoms with Crippen molar-refractivity contribution in [3.8, 4) is 17.2 Å². The SMILES string of the molecule is Cc1ccc(OCC(=O)Nc2noc(-c3ccc(F)cc3)n2)cc1C. The molecule has 0 fully saturated rings. The molecule has 0 radical (unpaired) electrons. The Hall–Kier alpha value is -3.22. The molecule has 0 spiro atoms. The van der Waals surface area contributed by atoms with Crippen molar-refractivity contribution >= 4 is 11.9 Å². The van der Waals surface area contributed by atoms with Crippen molar-refractivity contribution in [3.05, 3.63) is 59.4 Å². The van der Waals surface area contributed by atoms with Gasteiger partial charge in [-0.3, -0.25) is 10.1 Å². The zero-order chi connectivity index (χ0) is 17.8. The molecule has 0 aliphatic heterocycles. The van der Waals surface area contributed by atoms with Gasteiger partial charge in [-0.2, -0.15) is 4.98 Å². The van der Waals surface area contributed by atoms with Gasteiger partial charge in [0, 0.05) is 5.56 Å². The molecule has 25 heavy (non-hydrogen) atoms. The monoisotopic (exact) mass is 341 g/mol. The van der Waals surface area contributed by atoms with Crippen LogP contribution in [0.3, 0.4) is 0 Å². The van der Waals surface area contributed by atoms with E-state index >= 15 is 0 Å². The minimum atomic E-state index is -0.412. The van der Waals surface area contributed by atoms with Crippen LogP contribution in [0.15, 0.2) is 47.0 Å². The van der Waals surface area contributed by atoms with Crippen molar-refractivity contribution < 1.29 is 18.4 Å². The number of rotatable bonds is 5. The molecule has 0 bridgehead atoms. The summed E-state index contributed by atoms with van der Waals surface area (Å²) in [5, 5.41) is 6.15. The molecule has 1 N–H and O–H groups in total. The Morgan fingerprint density at radius 2 is 1.92 bits per heavy atom. The van der Waals surface area contributed by atoms with Gasteiger partial charge < -0.3 is 9.26 Å². The fraction of sp³-hybridized carbons (Fsp3) is 0.167. The van der Waals surface area contributed by atoms with Crippen molar-refractivity contribution in [1.29, 1.82) is 0 Å². The van der Waals surface area contributed by atoms with Crippen molar-refractivity contribution in [3.63, 3.8) is 0 Å². The smallest absolute Gasteiger partial charge is 0.270 e. The van der Waals surface area contributed by atoms with Crippen LogP contribution >= 0.6 is 0 Å². The molecule has 0 unspecified atom stereocenters. The largest absolute Gasteiger partial charge is 0.484 e. The first-order chi connectivity index (χ1) is 12.0. The van der Waals surface area contributed by atoms with Gasteiger partial charge in [0.25, 0.3) is 17.7 Å². The fourth-order valence-corrected chi connectivity index (χ4v) is 2.10. The molecule has 1 aromatic heterocycles. The van der Waals surface area contributed by atoms with Crippen molar-refractivity contribution in [2.75, 3.05) is 11.9 Å². The number of benzene rings is 2. The Kier molecular flexibility index (Phi) is 4.74. The average molecular weight is 341 g/mol.